The number of halogens is 3. The fraction of sp³-hybridized carbons (Fsp3) is 0.197. The highest BCUT2D eigenvalue weighted by molar-refractivity contribution is 8.76. The number of carbonyl (C=O) groups is 3. The van der Waals surface area contributed by atoms with Gasteiger partial charge in [0.05, 0.1) is 22.8 Å². The van der Waals surface area contributed by atoms with E-state index in [9.17, 15) is 14.4 Å². The minimum atomic E-state index is -4.78. The Morgan fingerprint density at radius 1 is 0.651 bits per heavy atom. The first kappa shape index (κ1) is 57.3. The van der Waals surface area contributed by atoms with Crippen LogP contribution in [0.1, 0.15) is 64.3 Å². The van der Waals surface area contributed by atoms with Crippen molar-refractivity contribution in [3.63, 3.8) is 0 Å². The van der Waals surface area contributed by atoms with Crippen molar-refractivity contribution in [3.8, 4) is 44.0 Å². The first-order chi connectivity index (χ1) is 40.2. The van der Waals surface area contributed by atoms with Gasteiger partial charge in [-0.3, -0.25) is 14.4 Å². The van der Waals surface area contributed by atoms with Gasteiger partial charge in [-0.25, -0.2) is 4.58 Å². The number of amides is 3. The van der Waals surface area contributed by atoms with E-state index in [0.29, 0.717) is 73.0 Å². The fourth-order valence-corrected chi connectivity index (χ4v) is 15.1. The van der Waals surface area contributed by atoms with Crippen LogP contribution in [0.3, 0.4) is 0 Å². The monoisotopic (exact) mass is 1200 g/mol. The number of hydrogen-bond acceptors (Lipinski definition) is 10. The number of carbonyl (C=O) groups excluding carboxylic acids is 3. The number of rotatable bonds is 14. The van der Waals surface area contributed by atoms with Crippen molar-refractivity contribution >= 4 is 108 Å². The lowest BCUT2D eigenvalue weighted by molar-refractivity contribution is -0.137. The Labute approximate surface area is 502 Å². The molecule has 0 radical (unpaired) electrons. The second-order valence-corrected chi connectivity index (χ2v) is 24.2. The Morgan fingerprint density at radius 2 is 1.25 bits per heavy atom. The highest BCUT2D eigenvalue weighted by Gasteiger charge is 2.36. The molecule has 5 aliphatic rings. The van der Waals surface area contributed by atoms with Crippen LogP contribution in [-0.2, 0) is 18.8 Å². The number of benzene rings is 8. The summed E-state index contributed by atoms with van der Waals surface area (Å²) in [6, 6.07) is 48.8. The van der Waals surface area contributed by atoms with E-state index >= 15 is 13.2 Å². The zero-order valence-corrected chi connectivity index (χ0v) is 49.9. The first-order valence-electron chi connectivity index (χ1n) is 27.4. The van der Waals surface area contributed by atoms with Crippen LogP contribution in [0.25, 0.3) is 65.1 Å². The molecule has 420 valence electrons. The topological polar surface area (TPSA) is 89.1 Å². The van der Waals surface area contributed by atoms with Gasteiger partial charge in [0, 0.05) is 120 Å². The molecule has 17 heteroatoms. The molecule has 6 aromatic carbocycles. The highest BCUT2D eigenvalue weighted by atomic mass is 33.1. The summed E-state index contributed by atoms with van der Waals surface area (Å²) in [6.07, 6.45) is -4.78. The first-order valence-corrected chi connectivity index (χ1v) is 31.2. The Bertz CT molecular complexity index is 4220. The summed E-state index contributed by atoms with van der Waals surface area (Å²) < 4.78 is 55.9. The fourth-order valence-electron chi connectivity index (χ4n) is 11.0. The third kappa shape index (κ3) is 11.6. The molecule has 0 bridgehead atoms. The van der Waals surface area contributed by atoms with Crippen molar-refractivity contribution in [2.45, 2.75) is 48.6 Å². The van der Waals surface area contributed by atoms with Crippen LogP contribution in [-0.4, -0.2) is 79.9 Å². The highest BCUT2D eigenvalue weighted by Crippen LogP contribution is 2.49. The Morgan fingerprint density at radius 3 is 1.94 bits per heavy atom. The molecule has 3 aliphatic heterocycles. The van der Waals surface area contributed by atoms with Gasteiger partial charge < -0.3 is 37.1 Å². The molecule has 0 atom stereocenters. The van der Waals surface area contributed by atoms with Gasteiger partial charge in [-0.05, 0) is 117 Å². The van der Waals surface area contributed by atoms with Gasteiger partial charge in [0.25, 0.3) is 17.7 Å². The molecular weight excluding hydrogens is 1140 g/mol. The molecule has 2 aliphatic carbocycles. The van der Waals surface area contributed by atoms with Crippen molar-refractivity contribution < 1.29 is 32.0 Å². The quantitative estimate of drug-likeness (QED) is 0.0376. The van der Waals surface area contributed by atoms with Crippen LogP contribution in [0, 0.1) is 4.51 Å². The molecule has 9 nitrogen and oxygen atoms in total. The van der Waals surface area contributed by atoms with Gasteiger partial charge in [-0.2, -0.15) is 18.1 Å². The van der Waals surface area contributed by atoms with E-state index in [1.54, 1.807) is 77.7 Å². The number of nitrogens with zero attached hydrogens (tertiary/aromatic N) is 4. The van der Waals surface area contributed by atoms with Crippen LogP contribution >= 0.6 is 45.1 Å². The van der Waals surface area contributed by atoms with Crippen LogP contribution in [0.2, 0.25) is 0 Å². The predicted octanol–water partition coefficient (Wildman–Crippen LogP) is 16.2. The molecule has 83 heavy (non-hydrogen) atoms. The van der Waals surface area contributed by atoms with E-state index in [4.69, 9.17) is 29.3 Å². The number of hydrogen-bond donors (Lipinski definition) is 1. The number of piperazine rings is 1. The minimum absolute atomic E-state index is 0.0302. The molecule has 11 rings (SSSR count). The lowest BCUT2D eigenvalue weighted by atomic mass is 9.90. The molecule has 1 fully saturated rings. The van der Waals surface area contributed by atoms with E-state index < -0.39 is 17.6 Å². The lowest BCUT2D eigenvalue weighted by Crippen LogP contribution is -2.50. The number of fused-ring (bicyclic) bond motifs is 4. The molecule has 1 saturated heterocycles. The van der Waals surface area contributed by atoms with Gasteiger partial charge in [-0.15, -0.1) is 11.3 Å². The van der Waals surface area contributed by atoms with E-state index in [1.165, 1.54) is 45.1 Å². The van der Waals surface area contributed by atoms with Gasteiger partial charge in [0.2, 0.25) is 5.36 Å². The summed E-state index contributed by atoms with van der Waals surface area (Å²) in [4.78, 5) is 51.7. The standard InChI is InChI=1S/C66H56F3N5O4S5/c1-5-71(6-2)41-22-27-48-55(36-41)78-56-37-42(72(7-3)8-4)23-28-49(56)61(48)45-15-9-10-16-46(45)64(76)73-31-33-74(34-32-73)65(77)53-18-12-14-20-58(53)83-82-57-19-13-11-17-52(57)63(75)70-40-21-26-47(54(35-40)66(67,68)69)62-50-29-24-43(79)38-59(50)81-60-39-44(80)25-30-51(60)62/h9-30,35-39H,5-8,31-34H2,1-4H3,(H-,70,75,79,80). The zero-order chi connectivity index (χ0) is 58.1. The summed E-state index contributed by atoms with van der Waals surface area (Å²) in [6.45, 7) is 13.2. The average Bonchev–Trinajstić information content (AvgIpc) is 3.02. The molecule has 3 amide bonds. The SMILES string of the molecule is CCN(CC)c1ccc2c(-c3ccccc3C(=O)N3CCN(C(=O)c4ccccc4SSc4ccccc4C(=O)Nc4ccc(-c5c6ccc(=S)cc-6sc6cc([S-])ccc56)c(C(F)(F)F)c4)CC3)c3ccc(=[N+](CC)CC)cc-3oc2c1. The molecule has 0 aromatic heterocycles. The maximum atomic E-state index is 15.2. The molecule has 0 saturated carbocycles. The summed E-state index contributed by atoms with van der Waals surface area (Å²) in [5.41, 5.74) is 5.71. The summed E-state index contributed by atoms with van der Waals surface area (Å²) in [7, 11) is 2.57. The number of anilines is 2. The van der Waals surface area contributed by atoms with Crippen LogP contribution in [0.4, 0.5) is 24.5 Å². The van der Waals surface area contributed by atoms with E-state index in [1.807, 2.05) is 41.3 Å². The van der Waals surface area contributed by atoms with Crippen molar-refractivity contribution in [2.24, 2.45) is 0 Å². The Balaban J connectivity index is 0.805. The van der Waals surface area contributed by atoms with Gasteiger partial charge in [0.15, 0.2) is 0 Å². The van der Waals surface area contributed by atoms with Gasteiger partial charge >= 0.3 is 6.18 Å². The number of alkyl halides is 3. The zero-order valence-electron chi connectivity index (χ0n) is 45.8. The molecule has 6 aromatic rings. The summed E-state index contributed by atoms with van der Waals surface area (Å²) in [5.74, 6) is -0.193. The molecule has 3 heterocycles. The molecule has 0 unspecified atom stereocenters. The van der Waals surface area contributed by atoms with Crippen molar-refractivity contribution in [2.75, 3.05) is 62.6 Å². The second-order valence-electron chi connectivity index (χ2n) is 20.0. The van der Waals surface area contributed by atoms with Gasteiger partial charge in [0.1, 0.15) is 24.4 Å². The van der Waals surface area contributed by atoms with Crippen LogP contribution < -0.4 is 20.1 Å². The maximum absolute atomic E-state index is 15.2. The smallest absolute Gasteiger partial charge is 0.417 e. The third-order valence-corrected chi connectivity index (χ3v) is 19.3. The summed E-state index contributed by atoms with van der Waals surface area (Å²) in [5, 5.41) is 5.31. The van der Waals surface area contributed by atoms with Crippen molar-refractivity contribution in [1.82, 2.24) is 14.4 Å². The lowest BCUT2D eigenvalue weighted by Gasteiger charge is -2.35. The van der Waals surface area contributed by atoms with Crippen LogP contribution in [0.5, 0.6) is 0 Å². The largest absolute Gasteiger partial charge is 0.780 e. The number of nitrogens with one attached hydrogen (secondary N) is 1. The van der Waals surface area contributed by atoms with Crippen molar-refractivity contribution in [1.29, 1.82) is 0 Å². The maximum Gasteiger partial charge on any atom is 0.417 e. The molecule has 0 spiro atoms. The van der Waals surface area contributed by atoms with Gasteiger partial charge in [-0.1, -0.05) is 107 Å². The third-order valence-electron chi connectivity index (χ3n) is 15.2. The molecule has 1 N–H and O–H groups in total. The van der Waals surface area contributed by atoms with E-state index in [-0.39, 0.29) is 28.6 Å². The van der Waals surface area contributed by atoms with E-state index in [2.05, 4.69) is 78.9 Å². The second kappa shape index (κ2) is 24.3. The normalized spacial score (nSPS) is 12.8. The summed E-state index contributed by atoms with van der Waals surface area (Å²) >= 11 is 12.3. The Kier molecular flexibility index (Phi) is 16.8. The minimum Gasteiger partial charge on any atom is -0.780 e. The predicted molar refractivity (Wildman–Crippen MR) is 338 cm³/mol. The Hall–Kier alpha value is -7.54. The van der Waals surface area contributed by atoms with Crippen LogP contribution in [0.15, 0.2) is 183 Å². The molecular formula is C66H56F3N5O4S5. The van der Waals surface area contributed by atoms with Crippen molar-refractivity contribution in [3.05, 3.63) is 196 Å². The average molecular weight is 1200 g/mol. The van der Waals surface area contributed by atoms with E-state index in [0.717, 1.165) is 86.3 Å².